The van der Waals surface area contributed by atoms with E-state index in [4.69, 9.17) is 5.26 Å². The number of allylic oxidation sites excluding steroid dienone is 1. The van der Waals surface area contributed by atoms with E-state index in [2.05, 4.69) is 47.1 Å². The highest BCUT2D eigenvalue weighted by Gasteiger charge is 2.17. The summed E-state index contributed by atoms with van der Waals surface area (Å²) in [5.74, 6) is 0.725. The highest BCUT2D eigenvalue weighted by molar-refractivity contribution is 5.72. The zero-order valence-electron chi connectivity index (χ0n) is 17.0. The molecule has 4 rings (SSSR count). The molecule has 0 spiro atoms. The van der Waals surface area contributed by atoms with Crippen molar-refractivity contribution in [2.24, 2.45) is 0 Å². The SMILES string of the molecule is C=C1CCc2c1ccc(CCNCc1cnn(-c3cc(C)c(C#N)cn3)c1)c2C. The molecule has 1 aromatic carbocycles. The van der Waals surface area contributed by atoms with Crippen molar-refractivity contribution in [2.45, 2.75) is 39.7 Å². The maximum Gasteiger partial charge on any atom is 0.153 e. The van der Waals surface area contributed by atoms with Crippen LogP contribution in [0, 0.1) is 25.2 Å². The molecule has 5 nitrogen and oxygen atoms in total. The third-order valence-corrected chi connectivity index (χ3v) is 5.76. The average molecular weight is 383 g/mol. The van der Waals surface area contributed by atoms with Crippen LogP contribution in [0.3, 0.4) is 0 Å². The molecular formula is C24H25N5. The molecule has 0 unspecified atom stereocenters. The van der Waals surface area contributed by atoms with Gasteiger partial charge in [-0.05, 0) is 79.1 Å². The Morgan fingerprint density at radius 3 is 2.90 bits per heavy atom. The van der Waals surface area contributed by atoms with E-state index in [9.17, 15) is 0 Å². The van der Waals surface area contributed by atoms with Gasteiger partial charge in [0.25, 0.3) is 0 Å². The maximum absolute atomic E-state index is 9.04. The van der Waals surface area contributed by atoms with Gasteiger partial charge in [0.05, 0.1) is 11.8 Å². The van der Waals surface area contributed by atoms with E-state index in [0.717, 1.165) is 49.3 Å². The quantitative estimate of drug-likeness (QED) is 0.652. The summed E-state index contributed by atoms with van der Waals surface area (Å²) >= 11 is 0. The molecule has 0 fully saturated rings. The van der Waals surface area contributed by atoms with Gasteiger partial charge >= 0.3 is 0 Å². The smallest absolute Gasteiger partial charge is 0.153 e. The second-order valence-corrected chi connectivity index (χ2v) is 7.67. The molecule has 0 bridgehead atoms. The molecule has 29 heavy (non-hydrogen) atoms. The first-order valence-electron chi connectivity index (χ1n) is 9.97. The second kappa shape index (κ2) is 8.02. The zero-order valence-corrected chi connectivity index (χ0v) is 17.0. The van der Waals surface area contributed by atoms with Crippen LogP contribution in [0.2, 0.25) is 0 Å². The van der Waals surface area contributed by atoms with Crippen LogP contribution in [0.1, 0.15) is 45.4 Å². The lowest BCUT2D eigenvalue weighted by atomic mass is 9.96. The van der Waals surface area contributed by atoms with E-state index in [-0.39, 0.29) is 0 Å². The minimum absolute atomic E-state index is 0.592. The molecule has 0 saturated heterocycles. The van der Waals surface area contributed by atoms with E-state index < -0.39 is 0 Å². The summed E-state index contributed by atoms with van der Waals surface area (Å²) in [4.78, 5) is 4.32. The molecular weight excluding hydrogens is 358 g/mol. The number of hydrogen-bond acceptors (Lipinski definition) is 4. The third-order valence-electron chi connectivity index (χ3n) is 5.76. The van der Waals surface area contributed by atoms with Gasteiger partial charge in [0.15, 0.2) is 5.82 Å². The van der Waals surface area contributed by atoms with Crippen molar-refractivity contribution in [3.05, 3.63) is 82.3 Å². The average Bonchev–Trinajstić information content (AvgIpc) is 3.34. The Morgan fingerprint density at radius 2 is 2.10 bits per heavy atom. The Kier molecular flexibility index (Phi) is 5.28. The molecule has 0 aliphatic heterocycles. The monoisotopic (exact) mass is 383 g/mol. The molecule has 0 saturated carbocycles. The highest BCUT2D eigenvalue weighted by Crippen LogP contribution is 2.34. The number of nitrogens with zero attached hydrogens (tertiary/aromatic N) is 4. The van der Waals surface area contributed by atoms with Crippen LogP contribution in [0.4, 0.5) is 0 Å². The Bertz CT molecular complexity index is 1120. The van der Waals surface area contributed by atoms with Crippen molar-refractivity contribution in [2.75, 3.05) is 6.54 Å². The van der Waals surface area contributed by atoms with Gasteiger partial charge in [0.1, 0.15) is 6.07 Å². The minimum atomic E-state index is 0.592. The first-order chi connectivity index (χ1) is 14.1. The van der Waals surface area contributed by atoms with Crippen molar-refractivity contribution in [3.63, 3.8) is 0 Å². The number of benzene rings is 1. The van der Waals surface area contributed by atoms with E-state index >= 15 is 0 Å². The topological polar surface area (TPSA) is 66.5 Å². The van der Waals surface area contributed by atoms with Gasteiger partial charge in [-0.25, -0.2) is 9.67 Å². The summed E-state index contributed by atoms with van der Waals surface area (Å²) in [7, 11) is 0. The summed E-state index contributed by atoms with van der Waals surface area (Å²) in [6.07, 6.45) is 8.66. The number of aryl methyl sites for hydroxylation is 1. The molecule has 5 heteroatoms. The first kappa shape index (κ1) is 19.1. The van der Waals surface area contributed by atoms with Gasteiger partial charge in [-0.15, -0.1) is 0 Å². The maximum atomic E-state index is 9.04. The summed E-state index contributed by atoms with van der Waals surface area (Å²) in [6.45, 7) is 10.00. The Hall–Kier alpha value is -3.23. The van der Waals surface area contributed by atoms with Gasteiger partial charge in [0.2, 0.25) is 0 Å². The number of nitrogens with one attached hydrogen (secondary N) is 1. The van der Waals surface area contributed by atoms with Crippen molar-refractivity contribution in [1.29, 1.82) is 5.26 Å². The van der Waals surface area contributed by atoms with Gasteiger partial charge < -0.3 is 5.32 Å². The van der Waals surface area contributed by atoms with Crippen LogP contribution in [0.15, 0.2) is 43.4 Å². The predicted molar refractivity (Wildman–Crippen MR) is 115 cm³/mol. The number of hydrogen-bond donors (Lipinski definition) is 1. The number of aromatic nitrogens is 3. The standard InChI is InChI=1S/C24H25N5/c1-16-4-6-23-18(3)20(5-7-22(16)23)8-9-26-12-19-13-28-29(15-19)24-10-17(2)21(11-25)14-27-24/h5,7,10,13-15,26H,1,4,6,8-9,12H2,2-3H3. The third kappa shape index (κ3) is 3.85. The molecule has 0 atom stereocenters. The van der Waals surface area contributed by atoms with E-state index in [0.29, 0.717) is 5.56 Å². The Balaban J connectivity index is 1.34. The van der Waals surface area contributed by atoms with Gasteiger partial charge in [-0.2, -0.15) is 10.4 Å². The lowest BCUT2D eigenvalue weighted by Crippen LogP contribution is -2.17. The molecule has 1 N–H and O–H groups in total. The van der Waals surface area contributed by atoms with Gasteiger partial charge in [-0.1, -0.05) is 18.7 Å². The summed E-state index contributed by atoms with van der Waals surface area (Å²) < 4.78 is 1.75. The lowest BCUT2D eigenvalue weighted by Gasteiger charge is -2.11. The first-order valence-corrected chi connectivity index (χ1v) is 9.97. The van der Waals surface area contributed by atoms with Crippen molar-refractivity contribution in [1.82, 2.24) is 20.1 Å². The lowest BCUT2D eigenvalue weighted by molar-refractivity contribution is 0.685. The predicted octanol–water partition coefficient (Wildman–Crippen LogP) is 4.05. The second-order valence-electron chi connectivity index (χ2n) is 7.67. The molecule has 1 aliphatic carbocycles. The van der Waals surface area contributed by atoms with Crippen LogP contribution in [0.25, 0.3) is 11.4 Å². The Morgan fingerprint density at radius 1 is 1.24 bits per heavy atom. The van der Waals surface area contributed by atoms with Crippen LogP contribution in [0.5, 0.6) is 0 Å². The van der Waals surface area contributed by atoms with Crippen molar-refractivity contribution >= 4 is 5.57 Å². The Labute approximate surface area is 171 Å². The molecule has 3 aromatic rings. The number of rotatable bonds is 6. The zero-order chi connectivity index (χ0) is 20.4. The summed E-state index contributed by atoms with van der Waals surface area (Å²) in [5, 5.41) is 17.0. The molecule has 1 aliphatic rings. The molecule has 0 amide bonds. The van der Waals surface area contributed by atoms with Gasteiger partial charge in [0, 0.05) is 24.5 Å². The number of pyridine rings is 1. The largest absolute Gasteiger partial charge is 0.312 e. The molecule has 146 valence electrons. The molecule has 0 radical (unpaired) electrons. The fourth-order valence-corrected chi connectivity index (χ4v) is 3.96. The fraction of sp³-hybridized carbons (Fsp3) is 0.292. The molecule has 2 aromatic heterocycles. The fourth-order valence-electron chi connectivity index (χ4n) is 3.96. The normalized spacial score (nSPS) is 12.8. The van der Waals surface area contributed by atoms with E-state index in [1.54, 1.807) is 10.9 Å². The van der Waals surface area contributed by atoms with Crippen LogP contribution >= 0.6 is 0 Å². The van der Waals surface area contributed by atoms with Crippen LogP contribution in [-0.4, -0.2) is 21.3 Å². The van der Waals surface area contributed by atoms with Crippen molar-refractivity contribution < 1.29 is 0 Å². The number of nitriles is 1. The summed E-state index contributed by atoms with van der Waals surface area (Å²) in [6, 6.07) is 8.52. The van der Waals surface area contributed by atoms with Crippen LogP contribution in [-0.2, 0) is 19.4 Å². The number of fused-ring (bicyclic) bond motifs is 1. The van der Waals surface area contributed by atoms with E-state index in [1.807, 2.05) is 25.4 Å². The van der Waals surface area contributed by atoms with Crippen LogP contribution < -0.4 is 5.32 Å². The molecule has 2 heterocycles. The van der Waals surface area contributed by atoms with Crippen molar-refractivity contribution in [3.8, 4) is 11.9 Å². The minimum Gasteiger partial charge on any atom is -0.312 e. The van der Waals surface area contributed by atoms with Gasteiger partial charge in [-0.3, -0.25) is 0 Å². The van der Waals surface area contributed by atoms with E-state index in [1.165, 1.54) is 27.8 Å². The summed E-state index contributed by atoms with van der Waals surface area (Å²) in [5.41, 5.74) is 9.57. The highest BCUT2D eigenvalue weighted by atomic mass is 15.3.